The predicted molar refractivity (Wildman–Crippen MR) is 79.0 cm³/mol. The van der Waals surface area contributed by atoms with Crippen molar-refractivity contribution in [1.29, 1.82) is 0 Å². The number of hydrogen-bond donors (Lipinski definition) is 1. The number of hydrogen-bond acceptors (Lipinski definition) is 5. The molecule has 0 aliphatic carbocycles. The molecule has 1 N–H and O–H groups in total. The fourth-order valence-corrected chi connectivity index (χ4v) is 3.63. The Morgan fingerprint density at radius 2 is 2.05 bits per heavy atom. The average molecular weight is 284 g/mol. The van der Waals surface area contributed by atoms with Gasteiger partial charge in [0.1, 0.15) is 0 Å². The second kappa shape index (κ2) is 5.54. The quantitative estimate of drug-likeness (QED) is 0.907. The normalized spacial score (nSPS) is 25.3. The fourth-order valence-electron chi connectivity index (χ4n) is 3.63. The summed E-state index contributed by atoms with van der Waals surface area (Å²) in [6.07, 6.45) is 3.89. The van der Waals surface area contributed by atoms with Crippen LogP contribution in [0.15, 0.2) is 30.3 Å². The molecular formula is C15H20N6. The molecule has 6 nitrogen and oxygen atoms in total. The Labute approximate surface area is 124 Å². The highest BCUT2D eigenvalue weighted by molar-refractivity contribution is 5.30. The molecule has 0 amide bonds. The van der Waals surface area contributed by atoms with E-state index >= 15 is 0 Å². The first-order chi connectivity index (χ1) is 10.4. The van der Waals surface area contributed by atoms with Gasteiger partial charge >= 0.3 is 0 Å². The number of aromatic nitrogens is 4. The Morgan fingerprint density at radius 3 is 2.95 bits per heavy atom. The molecule has 0 saturated carbocycles. The van der Waals surface area contributed by atoms with Gasteiger partial charge < -0.3 is 5.32 Å². The number of para-hydroxylation sites is 1. The molecule has 2 unspecified atom stereocenters. The van der Waals surface area contributed by atoms with Gasteiger partial charge in [0.05, 0.1) is 12.2 Å². The summed E-state index contributed by atoms with van der Waals surface area (Å²) < 4.78 is 1.81. The van der Waals surface area contributed by atoms with Crippen molar-refractivity contribution in [3.63, 3.8) is 0 Å². The molecule has 21 heavy (non-hydrogen) atoms. The highest BCUT2D eigenvalue weighted by Crippen LogP contribution is 2.28. The molecule has 2 saturated heterocycles. The molecule has 2 atom stereocenters. The fraction of sp³-hybridized carbons (Fsp3) is 0.533. The summed E-state index contributed by atoms with van der Waals surface area (Å²) in [6, 6.07) is 11.3. The van der Waals surface area contributed by atoms with Gasteiger partial charge in [-0.25, -0.2) is 0 Å². The molecule has 1 aromatic heterocycles. The molecule has 4 rings (SSSR count). The van der Waals surface area contributed by atoms with E-state index in [2.05, 4.69) is 25.7 Å². The Balaban J connectivity index is 1.45. The molecule has 2 aliphatic rings. The van der Waals surface area contributed by atoms with Crippen LogP contribution in [0.1, 0.15) is 25.1 Å². The second-order valence-electron chi connectivity index (χ2n) is 5.86. The van der Waals surface area contributed by atoms with E-state index in [-0.39, 0.29) is 0 Å². The zero-order chi connectivity index (χ0) is 14.1. The van der Waals surface area contributed by atoms with Crippen LogP contribution in [0.25, 0.3) is 5.69 Å². The number of nitrogens with one attached hydrogen (secondary N) is 1. The molecule has 1 aromatic carbocycles. The van der Waals surface area contributed by atoms with Crippen molar-refractivity contribution in [1.82, 2.24) is 30.4 Å². The van der Waals surface area contributed by atoms with E-state index < -0.39 is 0 Å². The molecule has 2 aromatic rings. The van der Waals surface area contributed by atoms with E-state index in [9.17, 15) is 0 Å². The lowest BCUT2D eigenvalue weighted by Crippen LogP contribution is -2.39. The predicted octanol–water partition coefficient (Wildman–Crippen LogP) is 0.989. The van der Waals surface area contributed by atoms with Crippen LogP contribution in [0, 0.1) is 0 Å². The van der Waals surface area contributed by atoms with Crippen LogP contribution in [0.3, 0.4) is 0 Å². The third kappa shape index (κ3) is 2.45. The third-order valence-electron chi connectivity index (χ3n) is 4.66. The van der Waals surface area contributed by atoms with Gasteiger partial charge in [-0.15, -0.1) is 5.10 Å². The van der Waals surface area contributed by atoms with Crippen molar-refractivity contribution in [2.45, 2.75) is 37.9 Å². The summed E-state index contributed by atoms with van der Waals surface area (Å²) in [4.78, 5) is 2.61. The minimum absolute atomic E-state index is 0.577. The van der Waals surface area contributed by atoms with Gasteiger partial charge in [-0.1, -0.05) is 18.2 Å². The van der Waals surface area contributed by atoms with E-state index in [1.54, 1.807) is 0 Å². The molecule has 2 aliphatic heterocycles. The standard InChI is InChI=1S/C15H20N6/c1-2-5-12(6-3-1)21-15(17-18-19-21)11-16-13-8-10-20-9-4-7-14(13)20/h1-3,5-6,13-14,16H,4,7-11H2. The van der Waals surface area contributed by atoms with Crippen molar-refractivity contribution >= 4 is 0 Å². The van der Waals surface area contributed by atoms with Gasteiger partial charge in [-0.05, 0) is 48.4 Å². The van der Waals surface area contributed by atoms with Gasteiger partial charge in [-0.2, -0.15) is 4.68 Å². The minimum atomic E-state index is 0.577. The summed E-state index contributed by atoms with van der Waals surface area (Å²) in [6.45, 7) is 3.22. The molecule has 110 valence electrons. The Hall–Kier alpha value is -1.79. The van der Waals surface area contributed by atoms with E-state index in [4.69, 9.17) is 0 Å². The van der Waals surface area contributed by atoms with Crippen LogP contribution < -0.4 is 5.32 Å². The molecule has 3 heterocycles. The van der Waals surface area contributed by atoms with Crippen LogP contribution in [-0.2, 0) is 6.54 Å². The number of benzene rings is 1. The summed E-state index contributed by atoms with van der Waals surface area (Å²) in [5.74, 6) is 0.873. The first-order valence-corrected chi connectivity index (χ1v) is 7.72. The van der Waals surface area contributed by atoms with Crippen LogP contribution >= 0.6 is 0 Å². The highest BCUT2D eigenvalue weighted by Gasteiger charge is 2.36. The molecule has 6 heteroatoms. The first kappa shape index (κ1) is 12.9. The Morgan fingerprint density at radius 1 is 1.14 bits per heavy atom. The van der Waals surface area contributed by atoms with Crippen LogP contribution in [-0.4, -0.2) is 50.3 Å². The lowest BCUT2D eigenvalue weighted by atomic mass is 10.1. The summed E-state index contributed by atoms with van der Waals surface area (Å²) in [5.41, 5.74) is 1.01. The average Bonchev–Trinajstić information content (AvgIpc) is 3.23. The smallest absolute Gasteiger partial charge is 0.170 e. The molecule has 0 radical (unpaired) electrons. The Kier molecular flexibility index (Phi) is 3.40. The van der Waals surface area contributed by atoms with Crippen molar-refractivity contribution < 1.29 is 0 Å². The lowest BCUT2D eigenvalue weighted by Gasteiger charge is -2.21. The van der Waals surface area contributed by atoms with Gasteiger partial charge in [0.25, 0.3) is 0 Å². The van der Waals surface area contributed by atoms with E-state index in [1.165, 1.54) is 32.4 Å². The maximum absolute atomic E-state index is 4.16. The summed E-state index contributed by atoms with van der Waals surface area (Å²) >= 11 is 0. The molecule has 0 spiro atoms. The SMILES string of the molecule is c1ccc(-n2nnnc2CNC2CCN3CCCC23)cc1. The topological polar surface area (TPSA) is 58.9 Å². The summed E-state index contributed by atoms with van der Waals surface area (Å²) in [5, 5.41) is 15.8. The zero-order valence-corrected chi connectivity index (χ0v) is 12.0. The molecular weight excluding hydrogens is 264 g/mol. The largest absolute Gasteiger partial charge is 0.305 e. The monoisotopic (exact) mass is 284 g/mol. The second-order valence-corrected chi connectivity index (χ2v) is 5.86. The first-order valence-electron chi connectivity index (χ1n) is 7.72. The van der Waals surface area contributed by atoms with E-state index in [0.717, 1.165) is 18.1 Å². The van der Waals surface area contributed by atoms with Gasteiger partial charge in [-0.3, -0.25) is 4.90 Å². The molecule has 0 bridgehead atoms. The van der Waals surface area contributed by atoms with Gasteiger partial charge in [0, 0.05) is 18.6 Å². The molecule has 2 fully saturated rings. The van der Waals surface area contributed by atoms with Gasteiger partial charge in [0.2, 0.25) is 0 Å². The van der Waals surface area contributed by atoms with Crippen LogP contribution in [0.5, 0.6) is 0 Å². The zero-order valence-electron chi connectivity index (χ0n) is 12.0. The lowest BCUT2D eigenvalue weighted by molar-refractivity contribution is 0.297. The third-order valence-corrected chi connectivity index (χ3v) is 4.66. The number of fused-ring (bicyclic) bond motifs is 1. The van der Waals surface area contributed by atoms with E-state index in [1.807, 2.05) is 35.0 Å². The van der Waals surface area contributed by atoms with Crippen LogP contribution in [0.4, 0.5) is 0 Å². The number of tetrazole rings is 1. The van der Waals surface area contributed by atoms with Crippen LogP contribution in [0.2, 0.25) is 0 Å². The highest BCUT2D eigenvalue weighted by atomic mass is 15.5. The summed E-state index contributed by atoms with van der Waals surface area (Å²) in [7, 11) is 0. The van der Waals surface area contributed by atoms with Crippen molar-refractivity contribution in [3.8, 4) is 5.69 Å². The number of rotatable bonds is 4. The number of nitrogens with zero attached hydrogens (tertiary/aromatic N) is 5. The minimum Gasteiger partial charge on any atom is -0.305 e. The van der Waals surface area contributed by atoms with Gasteiger partial charge in [0.15, 0.2) is 5.82 Å². The maximum atomic E-state index is 4.16. The Bertz CT molecular complexity index is 595. The van der Waals surface area contributed by atoms with Crippen molar-refractivity contribution in [2.24, 2.45) is 0 Å². The van der Waals surface area contributed by atoms with Crippen molar-refractivity contribution in [2.75, 3.05) is 13.1 Å². The van der Waals surface area contributed by atoms with E-state index in [0.29, 0.717) is 12.1 Å². The van der Waals surface area contributed by atoms with Crippen molar-refractivity contribution in [3.05, 3.63) is 36.2 Å². The maximum Gasteiger partial charge on any atom is 0.170 e.